The van der Waals surface area contributed by atoms with Gasteiger partial charge < -0.3 is 15.1 Å². The van der Waals surface area contributed by atoms with Gasteiger partial charge in [0.15, 0.2) is 0 Å². The molecule has 7 rings (SSSR count). The van der Waals surface area contributed by atoms with Gasteiger partial charge in [0.05, 0.1) is 18.3 Å². The van der Waals surface area contributed by atoms with Crippen molar-refractivity contribution in [2.75, 3.05) is 32.7 Å². The molecule has 5 aliphatic rings. The molecular weight excluding hydrogens is 436 g/mol. The molecule has 0 radical (unpaired) electrons. The molecule has 2 aliphatic heterocycles. The molecule has 2 saturated heterocycles. The van der Waals surface area contributed by atoms with Crippen LogP contribution in [-0.2, 0) is 18.4 Å². The average Bonchev–Trinajstić information content (AvgIpc) is 3.75. The summed E-state index contributed by atoms with van der Waals surface area (Å²) in [6.45, 7) is 8.07. The van der Waals surface area contributed by atoms with Gasteiger partial charge in [0.25, 0.3) is 0 Å². The molecule has 0 amide bonds. The van der Waals surface area contributed by atoms with E-state index in [0.717, 1.165) is 76.4 Å². The number of fused-ring (bicyclic) bond motifs is 1. The molecule has 2 N–H and O–H groups in total. The van der Waals surface area contributed by atoms with Crippen LogP contribution in [0.4, 0.5) is 0 Å². The molecular formula is C29H40N4O2. The lowest BCUT2D eigenvalue weighted by Gasteiger charge is -2.61. The summed E-state index contributed by atoms with van der Waals surface area (Å²) >= 11 is 0. The number of likely N-dealkylation sites (tertiary alicyclic amines) is 2. The lowest BCUT2D eigenvalue weighted by Crippen LogP contribution is -2.71. The number of nitrogens with zero attached hydrogens (tertiary/aromatic N) is 4. The van der Waals surface area contributed by atoms with Crippen molar-refractivity contribution in [2.45, 2.75) is 87.8 Å². The van der Waals surface area contributed by atoms with Crippen molar-refractivity contribution in [1.82, 2.24) is 19.6 Å². The Balaban J connectivity index is 1.23. The van der Waals surface area contributed by atoms with E-state index in [1.165, 1.54) is 42.4 Å². The lowest BCUT2D eigenvalue weighted by atomic mass is 9.52. The van der Waals surface area contributed by atoms with Gasteiger partial charge in [-0.3, -0.25) is 9.58 Å². The zero-order valence-electron chi connectivity index (χ0n) is 21.1. The van der Waals surface area contributed by atoms with E-state index in [-0.39, 0.29) is 11.5 Å². The van der Waals surface area contributed by atoms with Gasteiger partial charge in [-0.2, -0.15) is 5.10 Å². The van der Waals surface area contributed by atoms with Crippen LogP contribution < -0.4 is 0 Å². The quantitative estimate of drug-likeness (QED) is 0.667. The maximum Gasteiger partial charge on any atom is 0.119 e. The number of hydrogen-bond donors (Lipinski definition) is 2. The van der Waals surface area contributed by atoms with Crippen molar-refractivity contribution in [1.29, 1.82) is 0 Å². The third-order valence-electron chi connectivity index (χ3n) is 10.1. The molecule has 188 valence electrons. The summed E-state index contributed by atoms with van der Waals surface area (Å²) in [7, 11) is 0. The van der Waals surface area contributed by atoms with E-state index in [9.17, 15) is 10.2 Å². The van der Waals surface area contributed by atoms with E-state index >= 15 is 0 Å². The molecule has 3 heterocycles. The van der Waals surface area contributed by atoms with Crippen LogP contribution in [0.15, 0.2) is 24.5 Å². The number of phenols is 1. The normalized spacial score (nSPS) is 33.3. The van der Waals surface area contributed by atoms with Gasteiger partial charge in [0, 0.05) is 37.3 Å². The molecule has 3 atom stereocenters. The molecule has 0 spiro atoms. The second-order valence-corrected chi connectivity index (χ2v) is 12.4. The second kappa shape index (κ2) is 8.06. The SMILES string of the molecule is Cc1cnn(CCN2CCC34CCN(CC5CC5)C(Cc5cc(C6CC6)c(O)cc53)C4(O)CC2)c1. The number of benzene rings is 1. The van der Waals surface area contributed by atoms with Crippen LogP contribution in [0.25, 0.3) is 0 Å². The topological polar surface area (TPSA) is 64.8 Å². The van der Waals surface area contributed by atoms with E-state index < -0.39 is 5.60 Å². The first kappa shape index (κ1) is 22.3. The Morgan fingerprint density at radius 2 is 1.83 bits per heavy atom. The van der Waals surface area contributed by atoms with Gasteiger partial charge in [-0.25, -0.2) is 0 Å². The fraction of sp³-hybridized carbons (Fsp3) is 0.690. The summed E-state index contributed by atoms with van der Waals surface area (Å²) in [4.78, 5) is 5.20. The smallest absolute Gasteiger partial charge is 0.119 e. The molecule has 4 fully saturated rings. The van der Waals surface area contributed by atoms with E-state index in [4.69, 9.17) is 0 Å². The van der Waals surface area contributed by atoms with E-state index in [1.54, 1.807) is 0 Å². The van der Waals surface area contributed by atoms with Crippen LogP contribution in [-0.4, -0.2) is 74.2 Å². The lowest BCUT2D eigenvalue weighted by molar-refractivity contribution is -0.149. The fourth-order valence-electron chi connectivity index (χ4n) is 7.77. The Kier molecular flexibility index (Phi) is 5.14. The van der Waals surface area contributed by atoms with Gasteiger partial charge in [-0.1, -0.05) is 6.07 Å². The van der Waals surface area contributed by atoms with Crippen LogP contribution in [0.5, 0.6) is 5.75 Å². The largest absolute Gasteiger partial charge is 0.508 e. The van der Waals surface area contributed by atoms with Crippen LogP contribution in [0.1, 0.15) is 73.1 Å². The number of aliphatic hydroxyl groups is 1. The van der Waals surface area contributed by atoms with Crippen molar-refractivity contribution in [3.63, 3.8) is 0 Å². The molecule has 1 aromatic heterocycles. The second-order valence-electron chi connectivity index (χ2n) is 12.4. The van der Waals surface area contributed by atoms with Crippen LogP contribution >= 0.6 is 0 Å². The highest BCUT2D eigenvalue weighted by molar-refractivity contribution is 5.53. The number of aryl methyl sites for hydroxylation is 1. The molecule has 6 heteroatoms. The highest BCUT2D eigenvalue weighted by Gasteiger charge is 2.63. The number of aromatic hydroxyl groups is 1. The highest BCUT2D eigenvalue weighted by Crippen LogP contribution is 2.58. The van der Waals surface area contributed by atoms with Gasteiger partial charge in [0.2, 0.25) is 0 Å². The predicted octanol–water partition coefficient (Wildman–Crippen LogP) is 3.58. The summed E-state index contributed by atoms with van der Waals surface area (Å²) in [5, 5.41) is 28.2. The minimum atomic E-state index is -0.738. The molecule has 2 saturated carbocycles. The Bertz CT molecular complexity index is 1120. The summed E-state index contributed by atoms with van der Waals surface area (Å²) in [5.41, 5.74) is 4.02. The minimum absolute atomic E-state index is 0.190. The monoisotopic (exact) mass is 476 g/mol. The zero-order chi connectivity index (χ0) is 23.8. The third kappa shape index (κ3) is 3.67. The number of hydrogen-bond acceptors (Lipinski definition) is 5. The van der Waals surface area contributed by atoms with Crippen molar-refractivity contribution in [2.24, 2.45) is 5.92 Å². The first-order valence-corrected chi connectivity index (χ1v) is 14.0. The standard InChI is InChI=1S/C29H40N4O2/c1-20-17-30-33(18-20)13-12-31-9-6-28-7-11-32(19-21-2-3-21)27(29(28,35)8-10-31)15-23-14-24(22-4-5-22)26(34)16-25(23)28/h14,16-18,21-22,27,34-35H,2-13,15,19H2,1H3. The molecule has 2 aromatic rings. The predicted molar refractivity (Wildman–Crippen MR) is 136 cm³/mol. The maximum atomic E-state index is 12.7. The third-order valence-corrected chi connectivity index (χ3v) is 10.1. The van der Waals surface area contributed by atoms with E-state index in [1.807, 2.05) is 10.9 Å². The molecule has 3 unspecified atom stereocenters. The summed E-state index contributed by atoms with van der Waals surface area (Å²) in [6.07, 6.45) is 12.8. The molecule has 3 aliphatic carbocycles. The summed E-state index contributed by atoms with van der Waals surface area (Å²) in [6, 6.07) is 4.61. The van der Waals surface area contributed by atoms with Crippen LogP contribution in [0, 0.1) is 12.8 Å². The van der Waals surface area contributed by atoms with Crippen molar-refractivity contribution >= 4 is 0 Å². The fourth-order valence-corrected chi connectivity index (χ4v) is 7.77. The molecule has 2 bridgehead atoms. The van der Waals surface area contributed by atoms with Crippen LogP contribution in [0.2, 0.25) is 0 Å². The molecule has 6 nitrogen and oxygen atoms in total. The van der Waals surface area contributed by atoms with E-state index in [0.29, 0.717) is 11.7 Å². The Morgan fingerprint density at radius 3 is 2.57 bits per heavy atom. The van der Waals surface area contributed by atoms with Crippen molar-refractivity contribution in [3.8, 4) is 5.75 Å². The zero-order valence-corrected chi connectivity index (χ0v) is 21.1. The van der Waals surface area contributed by atoms with Crippen LogP contribution in [0.3, 0.4) is 0 Å². The average molecular weight is 477 g/mol. The minimum Gasteiger partial charge on any atom is -0.508 e. The Labute approximate surface area is 208 Å². The molecule has 35 heavy (non-hydrogen) atoms. The maximum absolute atomic E-state index is 12.7. The summed E-state index contributed by atoms with van der Waals surface area (Å²) in [5.74, 6) is 1.84. The van der Waals surface area contributed by atoms with Gasteiger partial charge in [0.1, 0.15) is 5.75 Å². The summed E-state index contributed by atoms with van der Waals surface area (Å²) < 4.78 is 2.04. The van der Waals surface area contributed by atoms with Gasteiger partial charge in [-0.15, -0.1) is 0 Å². The van der Waals surface area contributed by atoms with Gasteiger partial charge in [-0.05, 0) is 112 Å². The van der Waals surface area contributed by atoms with Crippen molar-refractivity contribution in [3.05, 3.63) is 46.8 Å². The number of aromatic nitrogens is 2. The van der Waals surface area contributed by atoms with E-state index in [2.05, 4.69) is 40.2 Å². The first-order valence-electron chi connectivity index (χ1n) is 14.0. The first-order chi connectivity index (χ1) is 16.9. The number of phenolic OH excluding ortho intramolecular Hbond substituents is 1. The number of rotatable bonds is 6. The van der Waals surface area contributed by atoms with Crippen molar-refractivity contribution < 1.29 is 10.2 Å². The Hall–Kier alpha value is -1.89. The highest BCUT2D eigenvalue weighted by atomic mass is 16.3. The Morgan fingerprint density at radius 1 is 1.03 bits per heavy atom. The van der Waals surface area contributed by atoms with Gasteiger partial charge >= 0.3 is 0 Å². The number of piperidine rings is 1. The molecule has 1 aromatic carbocycles.